The first-order valence-corrected chi connectivity index (χ1v) is 5.84. The Hall–Kier alpha value is -1.39. The van der Waals surface area contributed by atoms with Crippen molar-refractivity contribution in [2.75, 3.05) is 25.1 Å². The van der Waals surface area contributed by atoms with Gasteiger partial charge in [-0.3, -0.25) is 4.79 Å². The van der Waals surface area contributed by atoms with Gasteiger partial charge in [-0.1, -0.05) is 13.0 Å². The van der Waals surface area contributed by atoms with Crippen LogP contribution >= 0.6 is 0 Å². The first kappa shape index (κ1) is 13.7. The maximum atomic E-state index is 11.5. The quantitative estimate of drug-likeness (QED) is 0.735. The molecule has 1 rings (SSSR count). The molecule has 4 nitrogen and oxygen atoms in total. The van der Waals surface area contributed by atoms with E-state index in [1.54, 1.807) is 0 Å². The molecule has 1 aromatic rings. The van der Waals surface area contributed by atoms with E-state index in [9.17, 15) is 4.79 Å². The molecule has 0 saturated heterocycles. The van der Waals surface area contributed by atoms with E-state index in [1.807, 2.05) is 18.2 Å². The number of amides is 1. The van der Waals surface area contributed by atoms with E-state index in [-0.39, 0.29) is 12.5 Å². The molecule has 0 aliphatic heterocycles. The second-order valence-electron chi connectivity index (χ2n) is 3.88. The van der Waals surface area contributed by atoms with Crippen LogP contribution in [0.5, 0.6) is 0 Å². The van der Waals surface area contributed by atoms with Gasteiger partial charge in [-0.15, -0.1) is 0 Å². The minimum atomic E-state index is -0.149. The van der Waals surface area contributed by atoms with E-state index >= 15 is 0 Å². The number of hydrogen-bond acceptors (Lipinski definition) is 3. The molecule has 0 unspecified atom stereocenters. The van der Waals surface area contributed by atoms with E-state index in [0.29, 0.717) is 13.2 Å². The number of aryl methyl sites for hydroxylation is 2. The van der Waals surface area contributed by atoms with Crippen molar-refractivity contribution >= 4 is 11.6 Å². The van der Waals surface area contributed by atoms with Gasteiger partial charge in [-0.25, -0.2) is 0 Å². The lowest BCUT2D eigenvalue weighted by Crippen LogP contribution is -2.20. The van der Waals surface area contributed by atoms with Crippen LogP contribution in [0.25, 0.3) is 0 Å². The molecule has 17 heavy (non-hydrogen) atoms. The Morgan fingerprint density at radius 2 is 2.24 bits per heavy atom. The Labute approximate surface area is 102 Å². The van der Waals surface area contributed by atoms with Crippen LogP contribution in [0.1, 0.15) is 18.1 Å². The van der Waals surface area contributed by atoms with Crippen LogP contribution in [-0.2, 0) is 16.0 Å². The van der Waals surface area contributed by atoms with Crippen LogP contribution in [0.2, 0.25) is 0 Å². The summed E-state index contributed by atoms with van der Waals surface area (Å²) >= 11 is 0. The van der Waals surface area contributed by atoms with Crippen molar-refractivity contribution in [3.8, 4) is 0 Å². The summed E-state index contributed by atoms with van der Waals surface area (Å²) in [6.45, 7) is 5.04. The van der Waals surface area contributed by atoms with Gasteiger partial charge in [0.25, 0.3) is 0 Å². The highest BCUT2D eigenvalue weighted by Crippen LogP contribution is 2.15. The van der Waals surface area contributed by atoms with Crippen molar-refractivity contribution in [2.45, 2.75) is 20.3 Å². The molecule has 0 aliphatic rings. The molecule has 0 bridgehead atoms. The summed E-state index contributed by atoms with van der Waals surface area (Å²) in [6.07, 6.45) is 0.958. The number of carbonyl (C=O) groups excluding carboxylic acids is 1. The van der Waals surface area contributed by atoms with Gasteiger partial charge in [0.05, 0.1) is 6.61 Å². The van der Waals surface area contributed by atoms with Gasteiger partial charge in [0.15, 0.2) is 0 Å². The lowest BCUT2D eigenvalue weighted by molar-refractivity contribution is -0.120. The minimum absolute atomic E-state index is 0.0481. The maximum Gasteiger partial charge on any atom is 0.250 e. The predicted molar refractivity (Wildman–Crippen MR) is 69.1 cm³/mol. The molecular formula is C13H20N2O2. The summed E-state index contributed by atoms with van der Waals surface area (Å²) in [6, 6.07) is 5.90. The largest absolute Gasteiger partial charge is 0.370 e. The maximum absolute atomic E-state index is 11.5. The lowest BCUT2D eigenvalue weighted by Gasteiger charge is -2.09. The van der Waals surface area contributed by atoms with E-state index in [1.165, 1.54) is 11.1 Å². The van der Waals surface area contributed by atoms with E-state index in [4.69, 9.17) is 10.5 Å². The molecule has 1 amide bonds. The number of rotatable bonds is 6. The Kier molecular flexibility index (Phi) is 5.66. The van der Waals surface area contributed by atoms with Crippen molar-refractivity contribution in [3.05, 3.63) is 29.3 Å². The first-order valence-electron chi connectivity index (χ1n) is 5.84. The molecule has 0 atom stereocenters. The molecule has 0 fully saturated rings. The average molecular weight is 236 g/mol. The zero-order chi connectivity index (χ0) is 12.7. The number of nitrogens with one attached hydrogen (secondary N) is 1. The monoisotopic (exact) mass is 236 g/mol. The number of benzene rings is 1. The molecule has 0 heterocycles. The second kappa shape index (κ2) is 7.04. The second-order valence-corrected chi connectivity index (χ2v) is 3.88. The Bertz CT molecular complexity index is 378. The summed E-state index contributed by atoms with van der Waals surface area (Å²) in [4.78, 5) is 11.5. The van der Waals surface area contributed by atoms with Crippen molar-refractivity contribution in [3.63, 3.8) is 0 Å². The van der Waals surface area contributed by atoms with Gasteiger partial charge in [0, 0.05) is 12.2 Å². The number of nitrogens with two attached hydrogens (primary N) is 1. The highest BCUT2D eigenvalue weighted by molar-refractivity contribution is 5.91. The van der Waals surface area contributed by atoms with Crippen LogP contribution in [-0.4, -0.2) is 25.7 Å². The first-order chi connectivity index (χ1) is 8.17. The van der Waals surface area contributed by atoms with Crippen molar-refractivity contribution in [1.82, 2.24) is 0 Å². The van der Waals surface area contributed by atoms with Crippen molar-refractivity contribution < 1.29 is 9.53 Å². The summed E-state index contributed by atoms with van der Waals surface area (Å²) in [5.41, 5.74) is 8.56. The fourth-order valence-electron chi connectivity index (χ4n) is 1.58. The van der Waals surface area contributed by atoms with Gasteiger partial charge >= 0.3 is 0 Å². The number of ether oxygens (including phenoxy) is 1. The summed E-state index contributed by atoms with van der Waals surface area (Å²) in [7, 11) is 0. The molecule has 0 aromatic heterocycles. The fraction of sp³-hybridized carbons (Fsp3) is 0.462. The Balaban J connectivity index is 2.53. The normalized spacial score (nSPS) is 10.3. The molecule has 1 aromatic carbocycles. The smallest absolute Gasteiger partial charge is 0.250 e. The van der Waals surface area contributed by atoms with Gasteiger partial charge in [0.2, 0.25) is 5.91 Å². The average Bonchev–Trinajstić information content (AvgIpc) is 2.32. The molecule has 94 valence electrons. The van der Waals surface area contributed by atoms with Crippen LogP contribution in [0, 0.1) is 6.92 Å². The molecule has 0 aliphatic carbocycles. The molecule has 0 radical (unpaired) electrons. The fourth-order valence-corrected chi connectivity index (χ4v) is 1.58. The van der Waals surface area contributed by atoms with E-state index < -0.39 is 0 Å². The SMILES string of the molecule is CCc1cc(NC(=O)COCCN)ccc1C. The summed E-state index contributed by atoms with van der Waals surface area (Å²) < 4.78 is 5.06. The van der Waals surface area contributed by atoms with Crippen LogP contribution in [0.15, 0.2) is 18.2 Å². The van der Waals surface area contributed by atoms with Gasteiger partial charge in [-0.2, -0.15) is 0 Å². The van der Waals surface area contributed by atoms with Gasteiger partial charge < -0.3 is 15.8 Å². The number of carbonyl (C=O) groups is 1. The van der Waals surface area contributed by atoms with Crippen molar-refractivity contribution in [2.24, 2.45) is 5.73 Å². The molecular weight excluding hydrogens is 216 g/mol. The summed E-state index contributed by atoms with van der Waals surface area (Å²) in [5, 5.41) is 2.80. The van der Waals surface area contributed by atoms with Crippen molar-refractivity contribution in [1.29, 1.82) is 0 Å². The zero-order valence-electron chi connectivity index (χ0n) is 10.5. The third kappa shape index (κ3) is 4.54. The minimum Gasteiger partial charge on any atom is -0.370 e. The van der Waals surface area contributed by atoms with E-state index in [0.717, 1.165) is 12.1 Å². The molecule has 0 spiro atoms. The standard InChI is InChI=1S/C13H20N2O2/c1-3-11-8-12(5-4-10(11)2)15-13(16)9-17-7-6-14/h4-5,8H,3,6-7,9,14H2,1-2H3,(H,15,16). The Morgan fingerprint density at radius 1 is 1.47 bits per heavy atom. The van der Waals surface area contributed by atoms with E-state index in [2.05, 4.69) is 19.2 Å². The predicted octanol–water partition coefficient (Wildman–Crippen LogP) is 1.47. The van der Waals surface area contributed by atoms with Crippen LogP contribution in [0.4, 0.5) is 5.69 Å². The highest BCUT2D eigenvalue weighted by Gasteiger charge is 2.03. The molecule has 4 heteroatoms. The zero-order valence-corrected chi connectivity index (χ0v) is 10.5. The van der Waals surface area contributed by atoms with Gasteiger partial charge in [-0.05, 0) is 36.6 Å². The number of anilines is 1. The highest BCUT2D eigenvalue weighted by atomic mass is 16.5. The topological polar surface area (TPSA) is 64.3 Å². The Morgan fingerprint density at radius 3 is 2.88 bits per heavy atom. The van der Waals surface area contributed by atoms with Gasteiger partial charge in [0.1, 0.15) is 6.61 Å². The van der Waals surface area contributed by atoms with Crippen LogP contribution in [0.3, 0.4) is 0 Å². The number of hydrogen-bond donors (Lipinski definition) is 2. The summed E-state index contributed by atoms with van der Waals surface area (Å²) in [5.74, 6) is -0.149. The molecule has 3 N–H and O–H groups in total. The third-order valence-corrected chi connectivity index (χ3v) is 2.51. The third-order valence-electron chi connectivity index (χ3n) is 2.51. The lowest BCUT2D eigenvalue weighted by atomic mass is 10.1. The van der Waals surface area contributed by atoms with Crippen LogP contribution < -0.4 is 11.1 Å². The molecule has 0 saturated carbocycles.